The number of piperidine rings is 1. The predicted octanol–water partition coefficient (Wildman–Crippen LogP) is 2.73. The first-order valence-electron chi connectivity index (χ1n) is 10.8. The number of nitrogens with zero attached hydrogens (tertiary/aromatic N) is 4. The molecule has 5 rings (SSSR count). The normalized spacial score (nSPS) is 23.0. The van der Waals surface area contributed by atoms with Crippen molar-refractivity contribution in [2.75, 3.05) is 5.32 Å². The summed E-state index contributed by atoms with van der Waals surface area (Å²) in [5, 5.41) is 7.23. The maximum atomic E-state index is 13.4. The number of carbonyl (C=O) groups is 3. The van der Waals surface area contributed by atoms with E-state index in [0.29, 0.717) is 28.3 Å². The van der Waals surface area contributed by atoms with Gasteiger partial charge in [0.1, 0.15) is 34.4 Å². The molecule has 3 N–H and O–H groups in total. The molecule has 0 aromatic carbocycles. The maximum Gasteiger partial charge on any atom is 0.267 e. The fraction of sp³-hybridized carbons (Fsp3) is 0.348. The molecule has 3 unspecified atom stereocenters. The summed E-state index contributed by atoms with van der Waals surface area (Å²) in [6.45, 7) is 3.71. The lowest BCUT2D eigenvalue weighted by Crippen LogP contribution is -2.47. The Morgan fingerprint density at radius 2 is 2.09 bits per heavy atom. The summed E-state index contributed by atoms with van der Waals surface area (Å²) < 4.78 is 7.22. The monoisotopic (exact) mass is 526 g/mol. The maximum absolute atomic E-state index is 13.4. The molecule has 0 spiro atoms. The molecule has 4 heterocycles. The molecule has 1 saturated heterocycles. The van der Waals surface area contributed by atoms with Gasteiger partial charge in [0.2, 0.25) is 11.8 Å². The van der Waals surface area contributed by atoms with Crippen LogP contribution in [0.15, 0.2) is 45.6 Å². The zero-order valence-corrected chi connectivity index (χ0v) is 20.2. The third-order valence-corrected chi connectivity index (χ3v) is 7.06. The van der Waals surface area contributed by atoms with E-state index in [2.05, 4.69) is 38.3 Å². The van der Waals surface area contributed by atoms with Crippen LogP contribution in [0.5, 0.6) is 0 Å². The summed E-state index contributed by atoms with van der Waals surface area (Å²) in [5.41, 5.74) is 6.73. The molecule has 34 heavy (non-hydrogen) atoms. The van der Waals surface area contributed by atoms with E-state index in [-0.39, 0.29) is 35.5 Å². The number of fused-ring (bicyclic) bond motifs is 1. The highest BCUT2D eigenvalue weighted by molar-refractivity contribution is 9.10. The van der Waals surface area contributed by atoms with Crippen molar-refractivity contribution in [3.63, 3.8) is 0 Å². The van der Waals surface area contributed by atoms with Gasteiger partial charge in [-0.15, -0.1) is 0 Å². The van der Waals surface area contributed by atoms with Crippen molar-refractivity contribution in [3.05, 3.63) is 52.5 Å². The molecule has 3 aromatic rings. The van der Waals surface area contributed by atoms with E-state index in [4.69, 9.17) is 10.2 Å². The molecule has 0 bridgehead atoms. The van der Waals surface area contributed by atoms with E-state index in [1.807, 2.05) is 13.0 Å². The van der Waals surface area contributed by atoms with Crippen LogP contribution in [0.2, 0.25) is 0 Å². The summed E-state index contributed by atoms with van der Waals surface area (Å²) in [5.74, 6) is -0.395. The lowest BCUT2D eigenvalue weighted by atomic mass is 10.0. The molecular weight excluding hydrogens is 504 g/mol. The number of rotatable bonds is 6. The molecule has 1 aliphatic heterocycles. The molecule has 3 atom stereocenters. The highest BCUT2D eigenvalue weighted by atomic mass is 79.9. The van der Waals surface area contributed by atoms with E-state index < -0.39 is 11.9 Å². The van der Waals surface area contributed by atoms with Crippen molar-refractivity contribution in [1.29, 1.82) is 0 Å². The average molecular weight is 527 g/mol. The SMILES string of the molecule is Cc1ccc(Br)nc1NC(=O)C1CC2(C)CC2N1C(=O)Cn1nc(-c2ccco2)cc1C(N)=O. The van der Waals surface area contributed by atoms with Crippen molar-refractivity contribution in [1.82, 2.24) is 19.7 Å². The van der Waals surface area contributed by atoms with Crippen LogP contribution >= 0.6 is 15.9 Å². The molecule has 1 saturated carbocycles. The highest BCUT2D eigenvalue weighted by Crippen LogP contribution is 2.59. The summed E-state index contributed by atoms with van der Waals surface area (Å²) in [6, 6.07) is 7.86. The number of carbonyl (C=O) groups excluding carboxylic acids is 3. The van der Waals surface area contributed by atoms with E-state index >= 15 is 0 Å². The number of nitrogens with two attached hydrogens (primary N) is 1. The molecule has 11 heteroatoms. The van der Waals surface area contributed by atoms with Gasteiger partial charge in [0.15, 0.2) is 5.76 Å². The van der Waals surface area contributed by atoms with Gasteiger partial charge in [-0.05, 0) is 64.9 Å². The summed E-state index contributed by atoms with van der Waals surface area (Å²) in [4.78, 5) is 44.6. The number of anilines is 1. The Bertz CT molecular complexity index is 1300. The summed E-state index contributed by atoms with van der Waals surface area (Å²) in [7, 11) is 0. The van der Waals surface area contributed by atoms with Gasteiger partial charge in [0.05, 0.1) is 6.26 Å². The van der Waals surface area contributed by atoms with Crippen LogP contribution in [0.25, 0.3) is 11.5 Å². The van der Waals surface area contributed by atoms with E-state index in [1.165, 1.54) is 17.0 Å². The first-order valence-corrected chi connectivity index (χ1v) is 11.6. The number of hydrogen-bond acceptors (Lipinski definition) is 6. The lowest BCUT2D eigenvalue weighted by Gasteiger charge is -2.27. The number of aromatic nitrogens is 3. The molecule has 10 nitrogen and oxygen atoms in total. The topological polar surface area (TPSA) is 136 Å². The van der Waals surface area contributed by atoms with Crippen LogP contribution in [0, 0.1) is 12.3 Å². The number of primary amides is 1. The number of likely N-dealkylation sites (tertiary alicyclic amines) is 1. The van der Waals surface area contributed by atoms with Gasteiger partial charge in [-0.1, -0.05) is 13.0 Å². The summed E-state index contributed by atoms with van der Waals surface area (Å²) in [6.07, 6.45) is 2.88. The van der Waals surface area contributed by atoms with Gasteiger partial charge in [0, 0.05) is 12.1 Å². The van der Waals surface area contributed by atoms with Gasteiger partial charge in [-0.2, -0.15) is 5.10 Å². The number of aryl methyl sites for hydroxylation is 1. The van der Waals surface area contributed by atoms with Gasteiger partial charge in [0.25, 0.3) is 5.91 Å². The minimum absolute atomic E-state index is 0.0375. The number of hydrogen-bond donors (Lipinski definition) is 2. The quantitative estimate of drug-likeness (QED) is 0.473. The van der Waals surface area contributed by atoms with Crippen LogP contribution in [-0.4, -0.2) is 49.5 Å². The molecule has 2 fully saturated rings. The Hall–Kier alpha value is -3.47. The Balaban J connectivity index is 1.39. The van der Waals surface area contributed by atoms with Gasteiger partial charge >= 0.3 is 0 Å². The molecule has 3 amide bonds. The Labute approximate surface area is 203 Å². The van der Waals surface area contributed by atoms with Gasteiger partial charge in [-0.3, -0.25) is 14.4 Å². The smallest absolute Gasteiger partial charge is 0.267 e. The highest BCUT2D eigenvalue weighted by Gasteiger charge is 2.64. The van der Waals surface area contributed by atoms with Crippen LogP contribution in [-0.2, 0) is 16.1 Å². The van der Waals surface area contributed by atoms with Crippen molar-refractivity contribution < 1.29 is 18.8 Å². The number of halogens is 1. The zero-order chi connectivity index (χ0) is 24.2. The van der Waals surface area contributed by atoms with Crippen molar-refractivity contribution >= 4 is 39.5 Å². The molecule has 176 valence electrons. The fourth-order valence-corrected chi connectivity index (χ4v) is 4.99. The van der Waals surface area contributed by atoms with E-state index in [1.54, 1.807) is 23.1 Å². The molecular formula is C23H23BrN6O4. The second kappa shape index (κ2) is 8.08. The lowest BCUT2D eigenvalue weighted by molar-refractivity contribution is -0.138. The van der Waals surface area contributed by atoms with Crippen molar-refractivity contribution in [3.8, 4) is 11.5 Å². The number of pyridine rings is 1. The molecule has 3 aromatic heterocycles. The molecule has 1 aliphatic carbocycles. The average Bonchev–Trinajstić information content (AvgIpc) is 3.22. The number of amides is 3. The first-order chi connectivity index (χ1) is 16.2. The summed E-state index contributed by atoms with van der Waals surface area (Å²) >= 11 is 3.32. The van der Waals surface area contributed by atoms with E-state index in [0.717, 1.165) is 12.0 Å². The third-order valence-electron chi connectivity index (χ3n) is 6.62. The predicted molar refractivity (Wildman–Crippen MR) is 126 cm³/mol. The van der Waals surface area contributed by atoms with Crippen LogP contribution in [0.4, 0.5) is 5.82 Å². The molecule has 2 aliphatic rings. The second-order valence-electron chi connectivity index (χ2n) is 9.10. The van der Waals surface area contributed by atoms with Crippen LogP contribution < -0.4 is 11.1 Å². The van der Waals surface area contributed by atoms with E-state index in [9.17, 15) is 14.4 Å². The van der Waals surface area contributed by atoms with Gasteiger partial charge in [-0.25, -0.2) is 9.67 Å². The van der Waals surface area contributed by atoms with Gasteiger partial charge < -0.3 is 20.4 Å². The van der Waals surface area contributed by atoms with Crippen molar-refractivity contribution in [2.24, 2.45) is 11.1 Å². The standard InChI is InChI=1S/C23H23BrN6O4/c1-12-5-6-18(24)26-21(12)27-22(33)15-9-23(2)10-17(23)30(15)19(31)11-29-14(20(25)32)8-13(28-29)16-4-3-7-34-16/h3-8,15,17H,9-11H2,1-2H3,(H2,25,32)(H,26,27,33). The first kappa shape index (κ1) is 22.3. The minimum atomic E-state index is -0.707. The van der Waals surface area contributed by atoms with Crippen LogP contribution in [0.1, 0.15) is 35.8 Å². The Morgan fingerprint density at radius 3 is 2.79 bits per heavy atom. The number of furan rings is 1. The minimum Gasteiger partial charge on any atom is -0.463 e. The van der Waals surface area contributed by atoms with Crippen LogP contribution in [0.3, 0.4) is 0 Å². The van der Waals surface area contributed by atoms with Crippen molar-refractivity contribution in [2.45, 2.75) is 45.3 Å². The second-order valence-corrected chi connectivity index (χ2v) is 9.91. The zero-order valence-electron chi connectivity index (χ0n) is 18.6. The Kier molecular flexibility index (Phi) is 5.31. The fourth-order valence-electron chi connectivity index (χ4n) is 4.68. The third kappa shape index (κ3) is 3.89. The molecule has 0 radical (unpaired) electrons. The number of nitrogens with one attached hydrogen (secondary N) is 1. The largest absolute Gasteiger partial charge is 0.463 e. The Morgan fingerprint density at radius 1 is 1.29 bits per heavy atom.